The highest BCUT2D eigenvalue weighted by Crippen LogP contribution is 2.28. The van der Waals surface area contributed by atoms with E-state index in [0.717, 1.165) is 33.1 Å². The first-order valence-electron chi connectivity index (χ1n) is 8.13. The van der Waals surface area contributed by atoms with Crippen molar-refractivity contribution in [2.75, 3.05) is 11.9 Å². The van der Waals surface area contributed by atoms with Gasteiger partial charge in [-0.3, -0.25) is 4.79 Å². The maximum Gasteiger partial charge on any atom is 0.358 e. The molecule has 1 N–H and O–H groups in total. The second-order valence-electron chi connectivity index (χ2n) is 5.60. The Kier molecular flexibility index (Phi) is 5.80. The van der Waals surface area contributed by atoms with E-state index < -0.39 is 5.97 Å². The number of hydrogen-bond donors (Lipinski definition) is 1. The fourth-order valence-electron chi connectivity index (χ4n) is 2.46. The van der Waals surface area contributed by atoms with E-state index in [0.29, 0.717) is 0 Å². The standard InChI is InChI=1S/C19H18N2O3S2/c1-3-13-7-4-6-12(2)17(13)21-16(22)10-24-19(23)14-11-26-18(20-14)15-8-5-9-25-15/h4-9,11H,3,10H2,1-2H3,(H,21,22). The average Bonchev–Trinajstić information content (AvgIpc) is 3.32. The second-order valence-corrected chi connectivity index (χ2v) is 7.41. The van der Waals surface area contributed by atoms with Gasteiger partial charge in [0.05, 0.1) is 4.88 Å². The monoisotopic (exact) mass is 386 g/mol. The molecule has 134 valence electrons. The van der Waals surface area contributed by atoms with E-state index >= 15 is 0 Å². The third-order valence-electron chi connectivity index (χ3n) is 3.78. The molecule has 3 aromatic rings. The van der Waals surface area contributed by atoms with Crippen LogP contribution in [0.1, 0.15) is 28.5 Å². The van der Waals surface area contributed by atoms with Crippen LogP contribution in [0, 0.1) is 6.92 Å². The topological polar surface area (TPSA) is 68.3 Å². The number of benzene rings is 1. The Morgan fingerprint density at radius 3 is 2.77 bits per heavy atom. The van der Waals surface area contributed by atoms with Gasteiger partial charge in [-0.1, -0.05) is 31.2 Å². The molecule has 0 saturated carbocycles. The van der Waals surface area contributed by atoms with E-state index in [4.69, 9.17) is 4.74 Å². The highest BCUT2D eigenvalue weighted by molar-refractivity contribution is 7.20. The molecule has 2 heterocycles. The molecular formula is C19H18N2O3S2. The summed E-state index contributed by atoms with van der Waals surface area (Å²) in [6.45, 7) is 3.61. The number of hydrogen-bond acceptors (Lipinski definition) is 6. The molecule has 0 aliphatic heterocycles. The zero-order valence-corrected chi connectivity index (χ0v) is 16.1. The maximum absolute atomic E-state index is 12.2. The molecule has 0 aliphatic carbocycles. The van der Waals surface area contributed by atoms with Crippen molar-refractivity contribution in [2.24, 2.45) is 0 Å². The third-order valence-corrected chi connectivity index (χ3v) is 5.67. The Morgan fingerprint density at radius 1 is 1.19 bits per heavy atom. The van der Waals surface area contributed by atoms with Crippen molar-refractivity contribution in [1.29, 1.82) is 0 Å². The normalized spacial score (nSPS) is 10.5. The summed E-state index contributed by atoms with van der Waals surface area (Å²) >= 11 is 2.93. The molecule has 5 nitrogen and oxygen atoms in total. The Balaban J connectivity index is 1.59. The minimum atomic E-state index is -0.597. The number of thiophene rings is 1. The molecule has 0 unspecified atom stereocenters. The van der Waals surface area contributed by atoms with E-state index in [-0.39, 0.29) is 18.2 Å². The van der Waals surface area contributed by atoms with Crippen LogP contribution in [-0.4, -0.2) is 23.5 Å². The van der Waals surface area contributed by atoms with Crippen LogP contribution >= 0.6 is 22.7 Å². The van der Waals surface area contributed by atoms with Crippen LogP contribution in [0.15, 0.2) is 41.1 Å². The zero-order valence-electron chi connectivity index (χ0n) is 14.4. The van der Waals surface area contributed by atoms with Gasteiger partial charge in [0.25, 0.3) is 5.91 Å². The molecule has 0 saturated heterocycles. The summed E-state index contributed by atoms with van der Waals surface area (Å²) in [5.74, 6) is -0.962. The number of nitrogens with one attached hydrogen (secondary N) is 1. The first-order chi connectivity index (χ1) is 12.6. The number of rotatable bonds is 6. The predicted molar refractivity (Wildman–Crippen MR) is 105 cm³/mol. The average molecular weight is 386 g/mol. The van der Waals surface area contributed by atoms with Gasteiger partial charge in [0, 0.05) is 11.1 Å². The van der Waals surface area contributed by atoms with Crippen LogP contribution in [0.25, 0.3) is 9.88 Å². The number of para-hydroxylation sites is 1. The summed E-state index contributed by atoms with van der Waals surface area (Å²) in [6.07, 6.45) is 0.807. The molecule has 0 radical (unpaired) electrons. The lowest BCUT2D eigenvalue weighted by Gasteiger charge is -2.12. The van der Waals surface area contributed by atoms with Crippen molar-refractivity contribution < 1.29 is 14.3 Å². The SMILES string of the molecule is CCc1cccc(C)c1NC(=O)COC(=O)c1csc(-c2cccs2)n1. The van der Waals surface area contributed by atoms with E-state index in [2.05, 4.69) is 10.3 Å². The van der Waals surface area contributed by atoms with Crippen molar-refractivity contribution in [3.05, 3.63) is 57.9 Å². The smallest absolute Gasteiger partial charge is 0.358 e. The largest absolute Gasteiger partial charge is 0.451 e. The molecule has 1 aromatic carbocycles. The maximum atomic E-state index is 12.2. The second kappa shape index (κ2) is 8.25. The molecule has 0 atom stereocenters. The Morgan fingerprint density at radius 2 is 2.04 bits per heavy atom. The summed E-state index contributed by atoms with van der Waals surface area (Å²) in [5.41, 5.74) is 3.02. The molecule has 3 rings (SSSR count). The van der Waals surface area contributed by atoms with Gasteiger partial charge in [0.1, 0.15) is 5.01 Å². The number of anilines is 1. The summed E-state index contributed by atoms with van der Waals surface area (Å²) < 4.78 is 5.10. The van der Waals surface area contributed by atoms with Crippen molar-refractivity contribution in [1.82, 2.24) is 4.98 Å². The number of esters is 1. The predicted octanol–water partition coefficient (Wildman–Crippen LogP) is 4.54. The molecule has 0 bridgehead atoms. The van der Waals surface area contributed by atoms with Gasteiger partial charge in [0.15, 0.2) is 12.3 Å². The van der Waals surface area contributed by atoms with Crippen molar-refractivity contribution in [3.63, 3.8) is 0 Å². The van der Waals surface area contributed by atoms with E-state index in [1.165, 1.54) is 11.3 Å². The van der Waals surface area contributed by atoms with Gasteiger partial charge in [-0.05, 0) is 35.9 Å². The molecular weight excluding hydrogens is 368 g/mol. The number of amides is 1. The zero-order chi connectivity index (χ0) is 18.5. The molecule has 2 aromatic heterocycles. The Hall–Kier alpha value is -2.51. The summed E-state index contributed by atoms with van der Waals surface area (Å²) in [4.78, 5) is 29.6. The number of carbonyl (C=O) groups is 2. The lowest BCUT2D eigenvalue weighted by Crippen LogP contribution is -2.22. The molecule has 0 aliphatic rings. The van der Waals surface area contributed by atoms with Crippen LogP contribution in [0.5, 0.6) is 0 Å². The third kappa shape index (κ3) is 4.17. The summed E-state index contributed by atoms with van der Waals surface area (Å²) in [5, 5.41) is 7.20. The minimum Gasteiger partial charge on any atom is -0.451 e. The number of thiazole rings is 1. The van der Waals surface area contributed by atoms with Crippen molar-refractivity contribution >= 4 is 40.2 Å². The molecule has 7 heteroatoms. The van der Waals surface area contributed by atoms with Crippen molar-refractivity contribution in [3.8, 4) is 9.88 Å². The number of aromatic nitrogens is 1. The van der Waals surface area contributed by atoms with E-state index in [1.807, 2.05) is 49.6 Å². The van der Waals surface area contributed by atoms with Crippen LogP contribution in [0.4, 0.5) is 5.69 Å². The first-order valence-corrected chi connectivity index (χ1v) is 9.89. The summed E-state index contributed by atoms with van der Waals surface area (Å²) in [7, 11) is 0. The fraction of sp³-hybridized carbons (Fsp3) is 0.211. The van der Waals surface area contributed by atoms with E-state index in [1.54, 1.807) is 16.7 Å². The number of aryl methyl sites for hydroxylation is 2. The Labute approximate surface area is 159 Å². The number of carbonyl (C=O) groups excluding carboxylic acids is 2. The quantitative estimate of drug-likeness (QED) is 0.632. The van der Waals surface area contributed by atoms with Crippen LogP contribution in [0.2, 0.25) is 0 Å². The minimum absolute atomic E-state index is 0.219. The lowest BCUT2D eigenvalue weighted by atomic mass is 10.1. The van der Waals surface area contributed by atoms with Gasteiger partial charge >= 0.3 is 5.97 Å². The molecule has 1 amide bonds. The lowest BCUT2D eigenvalue weighted by molar-refractivity contribution is -0.119. The first kappa shape index (κ1) is 18.3. The van der Waals surface area contributed by atoms with E-state index in [9.17, 15) is 9.59 Å². The molecule has 26 heavy (non-hydrogen) atoms. The Bertz CT molecular complexity index is 917. The van der Waals surface area contributed by atoms with Gasteiger partial charge in [-0.15, -0.1) is 22.7 Å². The van der Waals surface area contributed by atoms with Crippen LogP contribution in [0.3, 0.4) is 0 Å². The highest BCUT2D eigenvalue weighted by Gasteiger charge is 2.16. The number of nitrogens with zero attached hydrogens (tertiary/aromatic N) is 1. The summed E-state index contributed by atoms with van der Waals surface area (Å²) in [6, 6.07) is 9.73. The van der Waals surface area contributed by atoms with Gasteiger partial charge in [0.2, 0.25) is 0 Å². The van der Waals surface area contributed by atoms with Crippen LogP contribution in [-0.2, 0) is 16.0 Å². The van der Waals surface area contributed by atoms with Crippen LogP contribution < -0.4 is 5.32 Å². The molecule has 0 fully saturated rings. The van der Waals surface area contributed by atoms with Gasteiger partial charge < -0.3 is 10.1 Å². The van der Waals surface area contributed by atoms with Crippen molar-refractivity contribution in [2.45, 2.75) is 20.3 Å². The molecule has 0 spiro atoms. The number of ether oxygens (including phenoxy) is 1. The van der Waals surface area contributed by atoms with Gasteiger partial charge in [-0.25, -0.2) is 9.78 Å². The highest BCUT2D eigenvalue weighted by atomic mass is 32.1. The fourth-order valence-corrected chi connectivity index (χ4v) is 4.07. The van der Waals surface area contributed by atoms with Gasteiger partial charge in [-0.2, -0.15) is 0 Å².